The minimum absolute atomic E-state index is 0.0914. The van der Waals surface area contributed by atoms with E-state index in [1.165, 1.54) is 4.90 Å². The molecule has 2 amide bonds. The van der Waals surface area contributed by atoms with Gasteiger partial charge in [-0.25, -0.2) is 4.79 Å². The van der Waals surface area contributed by atoms with E-state index in [1.54, 1.807) is 0 Å². The van der Waals surface area contributed by atoms with Crippen LogP contribution in [-0.2, 0) is 9.53 Å². The monoisotopic (exact) mass is 365 g/mol. The molecule has 6 heteroatoms. The summed E-state index contributed by atoms with van der Waals surface area (Å²) in [5.74, 6) is 2.40. The van der Waals surface area contributed by atoms with Crippen LogP contribution in [-0.4, -0.2) is 66.7 Å². The van der Waals surface area contributed by atoms with Crippen LogP contribution in [0, 0.1) is 17.8 Å². The molecule has 0 radical (unpaired) electrons. The molecule has 26 heavy (non-hydrogen) atoms. The highest BCUT2D eigenvalue weighted by Gasteiger charge is 2.50. The Kier molecular flexibility index (Phi) is 7.12. The van der Waals surface area contributed by atoms with Crippen LogP contribution in [0.3, 0.4) is 0 Å². The first-order valence-corrected chi connectivity index (χ1v) is 9.20. The Balaban J connectivity index is 2.95. The number of terminal acetylenes is 1. The zero-order valence-electron chi connectivity index (χ0n) is 17.4. The Morgan fingerprint density at radius 1 is 1.27 bits per heavy atom. The molecule has 0 saturated carbocycles. The molecular formula is C20H35N3O3. The molecule has 1 fully saturated rings. The van der Waals surface area contributed by atoms with Crippen molar-refractivity contribution < 1.29 is 14.3 Å². The molecule has 0 aromatic heterocycles. The molecule has 1 aliphatic rings. The second kappa shape index (κ2) is 8.30. The van der Waals surface area contributed by atoms with Gasteiger partial charge in [-0.15, -0.1) is 12.3 Å². The molecule has 1 heterocycles. The fourth-order valence-corrected chi connectivity index (χ4v) is 3.53. The second-order valence-corrected chi connectivity index (χ2v) is 9.23. The molecule has 148 valence electrons. The molecule has 1 N–H and O–H groups in total. The van der Waals surface area contributed by atoms with Crippen LogP contribution in [0.4, 0.5) is 4.79 Å². The quantitative estimate of drug-likeness (QED) is 0.735. The van der Waals surface area contributed by atoms with Crippen molar-refractivity contribution in [2.75, 3.05) is 33.7 Å². The summed E-state index contributed by atoms with van der Waals surface area (Å²) in [5.41, 5.74) is -1.73. The first-order valence-electron chi connectivity index (χ1n) is 9.20. The van der Waals surface area contributed by atoms with Crippen molar-refractivity contribution >= 4 is 12.0 Å². The summed E-state index contributed by atoms with van der Waals surface area (Å²) in [5, 5.41) is 3.03. The Morgan fingerprint density at radius 3 is 2.38 bits per heavy atom. The Bertz CT molecular complexity index is 558. The summed E-state index contributed by atoms with van der Waals surface area (Å²) in [7, 11) is 4.01. The SMILES string of the molecule is C#CC[C@]1(C(=O)NCC(C)(C)CN(C)C)CCCN1C(=O)OC(C)(C)C. The summed E-state index contributed by atoms with van der Waals surface area (Å²) in [6.07, 6.45) is 6.54. The summed E-state index contributed by atoms with van der Waals surface area (Å²) < 4.78 is 5.50. The molecule has 0 aromatic carbocycles. The van der Waals surface area contributed by atoms with E-state index in [0.717, 1.165) is 13.0 Å². The summed E-state index contributed by atoms with van der Waals surface area (Å²) in [6.45, 7) is 11.5. The molecule has 0 unspecified atom stereocenters. The van der Waals surface area contributed by atoms with Gasteiger partial charge in [-0.1, -0.05) is 13.8 Å². The molecule has 1 atom stereocenters. The van der Waals surface area contributed by atoms with E-state index in [0.29, 0.717) is 19.5 Å². The van der Waals surface area contributed by atoms with Gasteiger partial charge >= 0.3 is 6.09 Å². The third-order valence-electron chi connectivity index (χ3n) is 4.39. The highest BCUT2D eigenvalue weighted by Crippen LogP contribution is 2.34. The number of hydrogen-bond acceptors (Lipinski definition) is 4. The second-order valence-electron chi connectivity index (χ2n) is 9.23. The number of likely N-dealkylation sites (tertiary alicyclic amines) is 1. The summed E-state index contributed by atoms with van der Waals surface area (Å²) in [6, 6.07) is 0. The molecule has 0 bridgehead atoms. The third kappa shape index (κ3) is 5.91. The first-order chi connectivity index (χ1) is 11.8. The van der Waals surface area contributed by atoms with Crippen LogP contribution in [0.1, 0.15) is 53.9 Å². The highest BCUT2D eigenvalue weighted by atomic mass is 16.6. The maximum absolute atomic E-state index is 13.1. The van der Waals surface area contributed by atoms with Gasteiger partial charge in [-0.3, -0.25) is 9.69 Å². The number of hydrogen-bond donors (Lipinski definition) is 1. The van der Waals surface area contributed by atoms with Gasteiger partial charge < -0.3 is 15.0 Å². The van der Waals surface area contributed by atoms with Crippen molar-refractivity contribution in [3.8, 4) is 12.3 Å². The number of nitrogens with one attached hydrogen (secondary N) is 1. The first kappa shape index (κ1) is 22.3. The topological polar surface area (TPSA) is 61.9 Å². The molecule has 0 aliphatic carbocycles. The zero-order chi connectivity index (χ0) is 20.2. The Morgan fingerprint density at radius 2 is 1.88 bits per heavy atom. The minimum Gasteiger partial charge on any atom is -0.444 e. The molecule has 0 spiro atoms. The van der Waals surface area contributed by atoms with E-state index in [9.17, 15) is 9.59 Å². The number of nitrogens with zero attached hydrogens (tertiary/aromatic N) is 2. The number of carbonyl (C=O) groups excluding carboxylic acids is 2. The predicted octanol–water partition coefficient (Wildman–Crippen LogP) is 2.48. The van der Waals surface area contributed by atoms with Gasteiger partial charge in [0.1, 0.15) is 11.1 Å². The summed E-state index contributed by atoms with van der Waals surface area (Å²) >= 11 is 0. The van der Waals surface area contributed by atoms with Gasteiger partial charge in [0.05, 0.1) is 0 Å². The molecule has 1 rings (SSSR count). The van der Waals surface area contributed by atoms with Crippen molar-refractivity contribution in [2.24, 2.45) is 5.41 Å². The Hall–Kier alpha value is -1.74. The standard InChI is InChI=1S/C20H35N3O3/c1-9-11-20(16(24)21-14-19(5,6)15-22(7)8)12-10-13-23(20)17(25)26-18(2,3)4/h1H,10-15H2,2-8H3,(H,21,24)/t20-/m1/s1. The lowest BCUT2D eigenvalue weighted by molar-refractivity contribution is -0.132. The van der Waals surface area contributed by atoms with Crippen LogP contribution in [0.25, 0.3) is 0 Å². The lowest BCUT2D eigenvalue weighted by atomic mass is 9.89. The molecule has 0 aromatic rings. The van der Waals surface area contributed by atoms with Gasteiger partial charge in [-0.05, 0) is 53.1 Å². The van der Waals surface area contributed by atoms with Crippen LogP contribution in [0.15, 0.2) is 0 Å². The highest BCUT2D eigenvalue weighted by molar-refractivity contribution is 5.91. The average molecular weight is 366 g/mol. The number of rotatable bonds is 6. The van der Waals surface area contributed by atoms with Crippen molar-refractivity contribution in [2.45, 2.75) is 65.0 Å². The zero-order valence-corrected chi connectivity index (χ0v) is 17.4. The van der Waals surface area contributed by atoms with Crippen LogP contribution < -0.4 is 5.32 Å². The van der Waals surface area contributed by atoms with E-state index in [4.69, 9.17) is 11.2 Å². The van der Waals surface area contributed by atoms with Crippen molar-refractivity contribution in [1.29, 1.82) is 0 Å². The van der Waals surface area contributed by atoms with Crippen molar-refractivity contribution in [3.63, 3.8) is 0 Å². The van der Waals surface area contributed by atoms with E-state index < -0.39 is 17.2 Å². The molecular weight excluding hydrogens is 330 g/mol. The maximum Gasteiger partial charge on any atom is 0.411 e. The number of amides is 2. The van der Waals surface area contributed by atoms with Crippen LogP contribution >= 0.6 is 0 Å². The van der Waals surface area contributed by atoms with Gasteiger partial charge in [-0.2, -0.15) is 0 Å². The van der Waals surface area contributed by atoms with Gasteiger partial charge in [0.25, 0.3) is 0 Å². The molecule has 1 aliphatic heterocycles. The van der Waals surface area contributed by atoms with Crippen molar-refractivity contribution in [1.82, 2.24) is 15.1 Å². The van der Waals surface area contributed by atoms with E-state index in [-0.39, 0.29) is 17.7 Å². The van der Waals surface area contributed by atoms with Gasteiger partial charge in [0.2, 0.25) is 5.91 Å². The summed E-state index contributed by atoms with van der Waals surface area (Å²) in [4.78, 5) is 29.4. The lowest BCUT2D eigenvalue weighted by Gasteiger charge is -2.38. The predicted molar refractivity (Wildman–Crippen MR) is 104 cm³/mol. The van der Waals surface area contributed by atoms with E-state index >= 15 is 0 Å². The van der Waals surface area contributed by atoms with Gasteiger partial charge in [0.15, 0.2) is 0 Å². The van der Waals surface area contributed by atoms with E-state index in [2.05, 4.69) is 30.0 Å². The van der Waals surface area contributed by atoms with Crippen molar-refractivity contribution in [3.05, 3.63) is 0 Å². The largest absolute Gasteiger partial charge is 0.444 e. The minimum atomic E-state index is -1.02. The third-order valence-corrected chi connectivity index (χ3v) is 4.39. The number of carbonyl (C=O) groups is 2. The fourth-order valence-electron chi connectivity index (χ4n) is 3.53. The van der Waals surface area contributed by atoms with E-state index in [1.807, 2.05) is 34.9 Å². The fraction of sp³-hybridized carbons (Fsp3) is 0.800. The number of ether oxygens (including phenoxy) is 1. The smallest absolute Gasteiger partial charge is 0.411 e. The lowest BCUT2D eigenvalue weighted by Crippen LogP contribution is -2.59. The molecule has 1 saturated heterocycles. The molecule has 6 nitrogen and oxygen atoms in total. The van der Waals surface area contributed by atoms with Gasteiger partial charge in [0, 0.05) is 26.1 Å². The van der Waals surface area contributed by atoms with Crippen LogP contribution in [0.5, 0.6) is 0 Å². The van der Waals surface area contributed by atoms with Crippen LogP contribution in [0.2, 0.25) is 0 Å². The normalized spacial score (nSPS) is 20.8. The Labute approximate surface area is 158 Å². The average Bonchev–Trinajstić information content (AvgIpc) is 2.87. The maximum atomic E-state index is 13.1.